The van der Waals surface area contributed by atoms with E-state index in [1.54, 1.807) is 0 Å². The van der Waals surface area contributed by atoms with Crippen LogP contribution in [0.25, 0.3) is 0 Å². The third kappa shape index (κ3) is 15.4. The monoisotopic (exact) mass is 392 g/mol. The second-order valence-electron chi connectivity index (χ2n) is 8.27. The van der Waals surface area contributed by atoms with E-state index in [0.717, 1.165) is 24.6 Å². The molecule has 0 radical (unpaired) electrons. The molecular formula is C22H49O3P. The Hall–Kier alpha value is 0.310. The van der Waals surface area contributed by atoms with Gasteiger partial charge in [0.05, 0.1) is 0 Å². The molecule has 0 saturated carbocycles. The molecule has 0 rings (SSSR count). The van der Waals surface area contributed by atoms with E-state index >= 15 is 0 Å². The molecule has 0 spiro atoms. The quantitative estimate of drug-likeness (QED) is 0.186. The van der Waals surface area contributed by atoms with E-state index in [-0.39, 0.29) is 19.8 Å². The predicted octanol–water partition coefficient (Wildman–Crippen LogP) is 5.19. The van der Waals surface area contributed by atoms with Crippen LogP contribution >= 0.6 is 7.26 Å². The van der Waals surface area contributed by atoms with Crippen molar-refractivity contribution in [2.75, 3.05) is 44.5 Å². The minimum absolute atomic E-state index is 0.213. The van der Waals surface area contributed by atoms with Crippen LogP contribution in [0.15, 0.2) is 0 Å². The van der Waals surface area contributed by atoms with Crippen LogP contribution in [0, 0.1) is 0 Å². The summed E-state index contributed by atoms with van der Waals surface area (Å²) in [6.45, 7) is 2.91. The summed E-state index contributed by atoms with van der Waals surface area (Å²) in [7, 11) is -1.65. The van der Waals surface area contributed by atoms with Crippen LogP contribution in [0.2, 0.25) is 0 Å². The summed E-state index contributed by atoms with van der Waals surface area (Å²) in [6.07, 6.45) is 22.9. The van der Waals surface area contributed by atoms with E-state index in [0.29, 0.717) is 0 Å². The van der Waals surface area contributed by atoms with Gasteiger partial charge in [-0.2, -0.15) is 0 Å². The van der Waals surface area contributed by atoms with Gasteiger partial charge in [0.2, 0.25) is 0 Å². The Morgan fingerprint density at radius 2 is 0.731 bits per heavy atom. The fourth-order valence-corrected chi connectivity index (χ4v) is 8.08. The van der Waals surface area contributed by atoms with Crippen molar-refractivity contribution in [2.45, 2.75) is 96.8 Å². The maximum atomic E-state index is 9.34. The average molecular weight is 393 g/mol. The molecule has 3 nitrogen and oxygen atoms in total. The van der Waals surface area contributed by atoms with Crippen LogP contribution in [0.5, 0.6) is 0 Å². The van der Waals surface area contributed by atoms with Crippen molar-refractivity contribution in [3.05, 3.63) is 0 Å². The van der Waals surface area contributed by atoms with E-state index in [4.69, 9.17) is 0 Å². The van der Waals surface area contributed by atoms with Crippen LogP contribution in [-0.4, -0.2) is 59.8 Å². The summed E-state index contributed by atoms with van der Waals surface area (Å²) in [5.41, 5.74) is 0. The Balaban J connectivity index is 3.52. The SMILES string of the molecule is CCCCCCCCCCCCCCCC[PH](CCO)(CCO)CCO. The zero-order valence-corrected chi connectivity index (χ0v) is 18.7. The number of unbranched alkanes of at least 4 members (excludes halogenated alkanes) is 13. The van der Waals surface area contributed by atoms with Gasteiger partial charge in [0.1, 0.15) is 0 Å². The van der Waals surface area contributed by atoms with Crippen LogP contribution in [-0.2, 0) is 0 Å². The predicted molar refractivity (Wildman–Crippen MR) is 119 cm³/mol. The summed E-state index contributed by atoms with van der Waals surface area (Å²) in [4.78, 5) is 0. The third-order valence-electron chi connectivity index (χ3n) is 5.99. The van der Waals surface area contributed by atoms with E-state index < -0.39 is 7.26 Å². The maximum absolute atomic E-state index is 9.34. The first-order valence-electron chi connectivity index (χ1n) is 11.6. The van der Waals surface area contributed by atoms with Gasteiger partial charge in [-0.1, -0.05) is 26.2 Å². The molecule has 0 aromatic heterocycles. The van der Waals surface area contributed by atoms with Gasteiger partial charge in [-0.15, -0.1) is 0 Å². The summed E-state index contributed by atoms with van der Waals surface area (Å²) >= 11 is 0. The summed E-state index contributed by atoms with van der Waals surface area (Å²) < 4.78 is 0. The number of rotatable bonds is 21. The topological polar surface area (TPSA) is 60.7 Å². The van der Waals surface area contributed by atoms with Gasteiger partial charge >= 0.3 is 138 Å². The van der Waals surface area contributed by atoms with E-state index in [1.165, 1.54) is 89.9 Å². The molecule has 0 amide bonds. The van der Waals surface area contributed by atoms with Crippen molar-refractivity contribution >= 4 is 7.26 Å². The molecule has 26 heavy (non-hydrogen) atoms. The molecule has 0 aliphatic carbocycles. The normalized spacial score (nSPS) is 12.6. The summed E-state index contributed by atoms with van der Waals surface area (Å²) in [5, 5.41) is 28.0. The molecule has 0 fully saturated rings. The van der Waals surface area contributed by atoms with Crippen molar-refractivity contribution in [2.24, 2.45) is 0 Å². The Morgan fingerprint density at radius 1 is 0.423 bits per heavy atom. The van der Waals surface area contributed by atoms with Crippen LogP contribution in [0.3, 0.4) is 0 Å². The molecule has 0 aromatic rings. The van der Waals surface area contributed by atoms with Crippen LogP contribution in [0.4, 0.5) is 0 Å². The molecule has 0 aliphatic heterocycles. The Labute approximate surface area is 164 Å². The second kappa shape index (κ2) is 20.1. The fraction of sp³-hybridized carbons (Fsp3) is 1.00. The molecule has 0 saturated heterocycles. The first-order chi connectivity index (χ1) is 12.7. The first-order valence-corrected chi connectivity index (χ1v) is 14.4. The van der Waals surface area contributed by atoms with Crippen molar-refractivity contribution < 1.29 is 15.3 Å². The number of hydrogen-bond donors (Lipinski definition) is 3. The standard InChI is InChI=1S/C22H49O3P/c1-2-3-4-5-6-7-8-9-10-11-12-13-14-15-19-26(20-16-23,21-17-24)22-18-25/h23-26H,2-22H2,1H3. The second-order valence-corrected chi connectivity index (χ2v) is 13.3. The molecule has 0 aromatic carbocycles. The summed E-state index contributed by atoms with van der Waals surface area (Å²) in [6, 6.07) is 0. The average Bonchev–Trinajstić information content (AvgIpc) is 2.63. The summed E-state index contributed by atoms with van der Waals surface area (Å²) in [5.74, 6) is 0. The molecule has 4 heteroatoms. The zero-order chi connectivity index (χ0) is 19.3. The Bertz CT molecular complexity index is 257. The Morgan fingerprint density at radius 3 is 1.04 bits per heavy atom. The van der Waals surface area contributed by atoms with Crippen LogP contribution in [0.1, 0.15) is 96.8 Å². The van der Waals surface area contributed by atoms with Gasteiger partial charge < -0.3 is 0 Å². The van der Waals surface area contributed by atoms with Crippen molar-refractivity contribution in [3.63, 3.8) is 0 Å². The van der Waals surface area contributed by atoms with Gasteiger partial charge in [-0.25, -0.2) is 0 Å². The van der Waals surface area contributed by atoms with Gasteiger partial charge in [0.25, 0.3) is 0 Å². The minimum atomic E-state index is -1.65. The zero-order valence-electron chi connectivity index (χ0n) is 17.7. The molecule has 0 bridgehead atoms. The van der Waals surface area contributed by atoms with Gasteiger partial charge in [-0.3, -0.25) is 0 Å². The van der Waals surface area contributed by atoms with Gasteiger partial charge in [-0.05, 0) is 0 Å². The third-order valence-corrected chi connectivity index (χ3v) is 11.3. The van der Waals surface area contributed by atoms with E-state index in [9.17, 15) is 15.3 Å². The number of aliphatic hydroxyl groups excluding tert-OH is 3. The number of hydrogen-bond acceptors (Lipinski definition) is 3. The van der Waals surface area contributed by atoms with Crippen molar-refractivity contribution in [1.82, 2.24) is 0 Å². The molecular weight excluding hydrogens is 343 g/mol. The molecule has 0 aliphatic rings. The Kier molecular flexibility index (Phi) is 20.3. The molecule has 3 N–H and O–H groups in total. The molecule has 0 unspecified atom stereocenters. The first kappa shape index (κ1) is 26.3. The van der Waals surface area contributed by atoms with Gasteiger partial charge in [0.15, 0.2) is 0 Å². The molecule has 160 valence electrons. The van der Waals surface area contributed by atoms with E-state index in [1.807, 2.05) is 0 Å². The van der Waals surface area contributed by atoms with Crippen LogP contribution < -0.4 is 0 Å². The van der Waals surface area contributed by atoms with E-state index in [2.05, 4.69) is 6.92 Å². The van der Waals surface area contributed by atoms with Crippen molar-refractivity contribution in [1.29, 1.82) is 0 Å². The fourth-order valence-electron chi connectivity index (χ4n) is 4.16. The molecule has 0 atom stereocenters. The molecule has 0 heterocycles. The van der Waals surface area contributed by atoms with Gasteiger partial charge in [0, 0.05) is 0 Å². The number of aliphatic hydroxyl groups is 3. The van der Waals surface area contributed by atoms with Crippen molar-refractivity contribution in [3.8, 4) is 0 Å².